The minimum absolute atomic E-state index is 0.00778. The number of carbonyl (C=O) groups is 2. The lowest BCUT2D eigenvalue weighted by Crippen LogP contribution is -2.32. The quantitative estimate of drug-likeness (QED) is 0.610. The maximum atomic E-state index is 11.5. The van der Waals surface area contributed by atoms with Gasteiger partial charge in [-0.3, -0.25) is 4.79 Å². The molecule has 2 fully saturated rings. The molecule has 4 unspecified atom stereocenters. The second-order valence-corrected chi connectivity index (χ2v) is 4.37. The number of methoxy groups -OCH3 is 1. The largest absolute Gasteiger partial charge is 0.466 e. The van der Waals surface area contributed by atoms with Crippen LogP contribution in [0.5, 0.6) is 0 Å². The van der Waals surface area contributed by atoms with E-state index in [9.17, 15) is 9.59 Å². The van der Waals surface area contributed by atoms with Gasteiger partial charge in [0.25, 0.3) is 0 Å². The zero-order valence-electron chi connectivity index (χ0n) is 8.84. The van der Waals surface area contributed by atoms with E-state index in [-0.39, 0.29) is 29.7 Å². The summed E-state index contributed by atoms with van der Waals surface area (Å²) in [7, 11) is 1.35. The Morgan fingerprint density at radius 3 is 2.94 bits per heavy atom. The molecule has 5 heteroatoms. The normalized spacial score (nSPS) is 39.6. The first-order chi connectivity index (χ1) is 7.72. The molecule has 1 saturated heterocycles. The summed E-state index contributed by atoms with van der Waals surface area (Å²) in [6, 6.07) is 0. The van der Waals surface area contributed by atoms with Gasteiger partial charge in [0.2, 0.25) is 6.29 Å². The van der Waals surface area contributed by atoms with E-state index in [2.05, 4.69) is 0 Å². The first-order valence-corrected chi connectivity index (χ1v) is 5.36. The van der Waals surface area contributed by atoms with Crippen LogP contribution in [0.1, 0.15) is 12.8 Å². The Balaban J connectivity index is 1.93. The lowest BCUT2D eigenvalue weighted by atomic mass is 9.84. The molecule has 0 N–H and O–H groups in total. The van der Waals surface area contributed by atoms with Crippen molar-refractivity contribution in [2.45, 2.75) is 19.1 Å². The van der Waals surface area contributed by atoms with Crippen molar-refractivity contribution in [3.63, 3.8) is 0 Å². The van der Waals surface area contributed by atoms with Crippen LogP contribution in [0.3, 0.4) is 0 Å². The van der Waals surface area contributed by atoms with Crippen molar-refractivity contribution in [3.05, 3.63) is 11.8 Å². The summed E-state index contributed by atoms with van der Waals surface area (Å²) >= 11 is 0. The van der Waals surface area contributed by atoms with E-state index in [4.69, 9.17) is 14.2 Å². The van der Waals surface area contributed by atoms with Gasteiger partial charge in [-0.05, 0) is 12.8 Å². The molecule has 4 atom stereocenters. The average Bonchev–Trinajstić information content (AvgIpc) is 2.85. The van der Waals surface area contributed by atoms with E-state index in [1.165, 1.54) is 13.4 Å². The second-order valence-electron chi connectivity index (χ2n) is 4.37. The Morgan fingerprint density at radius 2 is 2.19 bits per heavy atom. The van der Waals surface area contributed by atoms with Crippen molar-refractivity contribution in [1.29, 1.82) is 0 Å². The summed E-state index contributed by atoms with van der Waals surface area (Å²) in [5.41, 5.74) is 0.532. The van der Waals surface area contributed by atoms with Gasteiger partial charge in [-0.15, -0.1) is 0 Å². The zero-order chi connectivity index (χ0) is 11.3. The molecule has 0 aromatic rings. The summed E-state index contributed by atoms with van der Waals surface area (Å²) in [4.78, 5) is 23.0. The van der Waals surface area contributed by atoms with Crippen molar-refractivity contribution in [2.75, 3.05) is 7.11 Å². The molecular weight excluding hydrogens is 212 g/mol. The molecule has 5 nitrogen and oxygen atoms in total. The van der Waals surface area contributed by atoms with Crippen molar-refractivity contribution in [2.24, 2.45) is 17.8 Å². The third-order valence-electron chi connectivity index (χ3n) is 3.72. The minimum atomic E-state index is -0.501. The molecular formula is C11H12O5. The third kappa shape index (κ3) is 1.11. The number of carbonyl (C=O) groups excluding carboxylic acids is 2. The Hall–Kier alpha value is -1.52. The summed E-state index contributed by atoms with van der Waals surface area (Å²) in [5, 5.41) is 0. The van der Waals surface area contributed by atoms with Crippen molar-refractivity contribution >= 4 is 11.9 Å². The summed E-state index contributed by atoms with van der Waals surface area (Å²) < 4.78 is 15.1. The average molecular weight is 224 g/mol. The molecule has 16 heavy (non-hydrogen) atoms. The molecule has 0 aromatic carbocycles. The summed E-state index contributed by atoms with van der Waals surface area (Å²) in [6.45, 7) is 0. The lowest BCUT2D eigenvalue weighted by molar-refractivity contribution is -0.162. The van der Waals surface area contributed by atoms with Crippen LogP contribution in [0.25, 0.3) is 0 Å². The van der Waals surface area contributed by atoms with Gasteiger partial charge in [0.15, 0.2) is 0 Å². The molecule has 2 heterocycles. The Morgan fingerprint density at radius 1 is 1.44 bits per heavy atom. The first kappa shape index (κ1) is 9.69. The van der Waals surface area contributed by atoms with Crippen LogP contribution in [0.15, 0.2) is 11.8 Å². The molecule has 0 radical (unpaired) electrons. The van der Waals surface area contributed by atoms with Crippen molar-refractivity contribution in [1.82, 2.24) is 0 Å². The zero-order valence-corrected chi connectivity index (χ0v) is 8.84. The molecule has 3 rings (SSSR count). The fraction of sp³-hybridized carbons (Fsp3) is 0.636. The molecule has 3 aliphatic rings. The molecule has 0 aromatic heterocycles. The number of hydrogen-bond acceptors (Lipinski definition) is 5. The van der Waals surface area contributed by atoms with Gasteiger partial charge < -0.3 is 14.2 Å². The van der Waals surface area contributed by atoms with Crippen LogP contribution in [0.4, 0.5) is 0 Å². The van der Waals surface area contributed by atoms with E-state index in [1.807, 2.05) is 0 Å². The van der Waals surface area contributed by atoms with E-state index >= 15 is 0 Å². The van der Waals surface area contributed by atoms with Crippen LogP contribution in [0.2, 0.25) is 0 Å². The van der Waals surface area contributed by atoms with Crippen LogP contribution in [0, 0.1) is 17.8 Å². The predicted octanol–water partition coefficient (Wildman–Crippen LogP) is 0.599. The fourth-order valence-corrected chi connectivity index (χ4v) is 2.99. The molecule has 1 saturated carbocycles. The van der Waals surface area contributed by atoms with Gasteiger partial charge in [-0.2, -0.15) is 0 Å². The Bertz CT molecular complexity index is 386. The number of ether oxygens (including phenoxy) is 3. The van der Waals surface area contributed by atoms with Gasteiger partial charge in [0.05, 0.1) is 30.8 Å². The number of esters is 2. The van der Waals surface area contributed by atoms with E-state index < -0.39 is 6.29 Å². The monoisotopic (exact) mass is 224 g/mol. The Kier molecular flexibility index (Phi) is 1.96. The highest BCUT2D eigenvalue weighted by atomic mass is 16.7. The van der Waals surface area contributed by atoms with Crippen LogP contribution in [-0.2, 0) is 23.8 Å². The minimum Gasteiger partial charge on any atom is -0.466 e. The van der Waals surface area contributed by atoms with E-state index in [0.717, 1.165) is 12.8 Å². The lowest BCUT2D eigenvalue weighted by Gasteiger charge is -2.28. The van der Waals surface area contributed by atoms with E-state index in [1.54, 1.807) is 0 Å². The molecule has 0 bridgehead atoms. The van der Waals surface area contributed by atoms with Gasteiger partial charge >= 0.3 is 11.9 Å². The van der Waals surface area contributed by atoms with Crippen LogP contribution < -0.4 is 0 Å². The van der Waals surface area contributed by atoms with Crippen molar-refractivity contribution < 1.29 is 23.8 Å². The first-order valence-electron chi connectivity index (χ1n) is 5.36. The third-order valence-corrected chi connectivity index (χ3v) is 3.72. The van der Waals surface area contributed by atoms with Gasteiger partial charge in [-0.25, -0.2) is 4.79 Å². The smallest absolute Gasteiger partial charge is 0.337 e. The number of hydrogen-bond donors (Lipinski definition) is 0. The molecule has 86 valence electrons. The second kappa shape index (κ2) is 3.23. The van der Waals surface area contributed by atoms with E-state index in [0.29, 0.717) is 5.57 Å². The van der Waals surface area contributed by atoms with Crippen molar-refractivity contribution in [3.8, 4) is 0 Å². The fourth-order valence-electron chi connectivity index (χ4n) is 2.99. The summed E-state index contributed by atoms with van der Waals surface area (Å²) in [6.07, 6.45) is 2.48. The van der Waals surface area contributed by atoms with Crippen LogP contribution in [-0.4, -0.2) is 25.3 Å². The maximum absolute atomic E-state index is 11.5. The maximum Gasteiger partial charge on any atom is 0.337 e. The highest BCUT2D eigenvalue weighted by Gasteiger charge is 2.57. The predicted molar refractivity (Wildman–Crippen MR) is 50.8 cm³/mol. The van der Waals surface area contributed by atoms with Gasteiger partial charge in [-0.1, -0.05) is 0 Å². The Labute approximate surface area is 92.3 Å². The highest BCUT2D eigenvalue weighted by molar-refractivity contribution is 5.89. The highest BCUT2D eigenvalue weighted by Crippen LogP contribution is 2.50. The molecule has 0 amide bonds. The molecule has 1 aliphatic carbocycles. The topological polar surface area (TPSA) is 61.8 Å². The molecule has 0 spiro atoms. The number of rotatable bonds is 1. The standard InChI is InChI=1S/C11H12O5/c1-14-9(12)7-4-15-11-8-5(7)2-3-6(8)10(13)16-11/h4-6,8,11H,2-3H2,1H3. The SMILES string of the molecule is COC(=O)C1=COC2OC(=O)C3CCC1C23. The summed E-state index contributed by atoms with van der Waals surface area (Å²) in [5.74, 6) is -0.641. The van der Waals surface area contributed by atoms with Gasteiger partial charge in [0, 0.05) is 5.92 Å². The van der Waals surface area contributed by atoms with Gasteiger partial charge in [0.1, 0.15) is 0 Å². The van der Waals surface area contributed by atoms with Crippen LogP contribution >= 0.6 is 0 Å². The molecule has 2 aliphatic heterocycles.